The number of carbonyl (C=O) groups is 3. The second-order valence-corrected chi connectivity index (χ2v) is 6.22. The lowest BCUT2D eigenvalue weighted by atomic mass is 10.2. The second kappa shape index (κ2) is 7.41. The molecule has 2 aromatic rings. The van der Waals surface area contributed by atoms with Crippen molar-refractivity contribution < 1.29 is 32.3 Å². The van der Waals surface area contributed by atoms with Crippen molar-refractivity contribution in [3.8, 4) is 5.75 Å². The number of carbonyl (C=O) groups excluding carboxylic acids is 3. The van der Waals surface area contributed by atoms with E-state index in [1.807, 2.05) is 0 Å². The highest BCUT2D eigenvalue weighted by Crippen LogP contribution is 2.29. The van der Waals surface area contributed by atoms with Gasteiger partial charge in [-0.3, -0.25) is 14.6 Å². The van der Waals surface area contributed by atoms with Gasteiger partial charge in [0.2, 0.25) is 0 Å². The number of aromatic nitrogens is 1. The summed E-state index contributed by atoms with van der Waals surface area (Å²) in [5.41, 5.74) is 5.86. The van der Waals surface area contributed by atoms with Crippen molar-refractivity contribution in [3.05, 3.63) is 53.9 Å². The van der Waals surface area contributed by atoms with Gasteiger partial charge in [0.1, 0.15) is 17.5 Å². The Balaban J connectivity index is 1.81. The van der Waals surface area contributed by atoms with E-state index in [2.05, 4.69) is 9.72 Å². The van der Waals surface area contributed by atoms with Crippen LogP contribution in [-0.4, -0.2) is 40.1 Å². The highest BCUT2D eigenvalue weighted by Gasteiger charge is 2.43. The monoisotopic (exact) mass is 408 g/mol. The molecule has 0 aliphatic carbocycles. The molecule has 0 bridgehead atoms. The van der Waals surface area contributed by atoms with Crippen LogP contribution in [0.1, 0.15) is 23.0 Å². The minimum absolute atomic E-state index is 0.0142. The largest absolute Gasteiger partial charge is 0.573 e. The van der Waals surface area contributed by atoms with Crippen molar-refractivity contribution in [2.24, 2.45) is 5.73 Å². The van der Waals surface area contributed by atoms with Gasteiger partial charge < -0.3 is 15.4 Å². The van der Waals surface area contributed by atoms with E-state index in [1.54, 1.807) is 6.07 Å². The number of halogens is 3. The van der Waals surface area contributed by atoms with Crippen LogP contribution in [0, 0.1) is 0 Å². The smallest absolute Gasteiger partial charge is 0.406 e. The average molecular weight is 408 g/mol. The minimum atomic E-state index is -4.85. The average Bonchev–Trinajstić information content (AvgIpc) is 2.85. The summed E-state index contributed by atoms with van der Waals surface area (Å²) in [6.07, 6.45) is -3.49. The SMILES string of the molecule is CC1C(=O)N(c2ccc(OC(F)(F)F)cc2)C(=O)N1Cc1ccnc(C(N)=O)c1. The third-order valence-corrected chi connectivity index (χ3v) is 4.24. The van der Waals surface area contributed by atoms with Crippen LogP contribution in [0.25, 0.3) is 0 Å². The van der Waals surface area contributed by atoms with Gasteiger partial charge in [0, 0.05) is 12.7 Å². The zero-order chi connectivity index (χ0) is 21.3. The van der Waals surface area contributed by atoms with E-state index in [0.717, 1.165) is 17.0 Å². The van der Waals surface area contributed by atoms with Gasteiger partial charge in [-0.15, -0.1) is 13.2 Å². The maximum absolute atomic E-state index is 12.8. The first-order valence-corrected chi connectivity index (χ1v) is 8.32. The molecular formula is C18H15F3N4O4. The number of alkyl halides is 3. The zero-order valence-electron chi connectivity index (χ0n) is 15.0. The van der Waals surface area contributed by atoms with Gasteiger partial charge in [0.25, 0.3) is 11.8 Å². The van der Waals surface area contributed by atoms with Crippen LogP contribution in [0.4, 0.5) is 23.7 Å². The van der Waals surface area contributed by atoms with Crippen molar-refractivity contribution in [1.82, 2.24) is 9.88 Å². The summed E-state index contributed by atoms with van der Waals surface area (Å²) in [5, 5.41) is 0. The summed E-state index contributed by atoms with van der Waals surface area (Å²) in [5.74, 6) is -1.74. The highest BCUT2D eigenvalue weighted by molar-refractivity contribution is 6.21. The summed E-state index contributed by atoms with van der Waals surface area (Å²) in [6.45, 7) is 1.54. The van der Waals surface area contributed by atoms with Gasteiger partial charge in [-0.25, -0.2) is 9.69 Å². The molecule has 1 unspecified atom stereocenters. The van der Waals surface area contributed by atoms with Crippen molar-refractivity contribution in [2.45, 2.75) is 25.9 Å². The number of primary amides is 1. The predicted octanol–water partition coefficient (Wildman–Crippen LogP) is 2.44. The lowest BCUT2D eigenvalue weighted by Gasteiger charge is -2.19. The fourth-order valence-corrected chi connectivity index (χ4v) is 2.85. The fraction of sp³-hybridized carbons (Fsp3) is 0.222. The molecule has 0 saturated carbocycles. The fourth-order valence-electron chi connectivity index (χ4n) is 2.85. The van der Waals surface area contributed by atoms with Crippen LogP contribution in [0.5, 0.6) is 5.75 Å². The molecule has 3 rings (SSSR count). The first kappa shape index (κ1) is 20.1. The van der Waals surface area contributed by atoms with Gasteiger partial charge in [-0.05, 0) is 48.9 Å². The van der Waals surface area contributed by atoms with E-state index < -0.39 is 36.0 Å². The molecule has 152 valence electrons. The standard InChI is InChI=1S/C18H15F3N4O4/c1-10-16(27)25(12-2-4-13(5-3-12)29-18(19,20)21)17(28)24(10)9-11-6-7-23-14(8-11)15(22)26/h2-8,10H,9H2,1H3,(H2,22,26). The first-order valence-electron chi connectivity index (χ1n) is 8.32. The molecule has 1 atom stereocenters. The van der Waals surface area contributed by atoms with Crippen molar-refractivity contribution >= 4 is 23.5 Å². The van der Waals surface area contributed by atoms with Crippen LogP contribution in [0.3, 0.4) is 0 Å². The number of imide groups is 1. The van der Waals surface area contributed by atoms with Gasteiger partial charge in [0.15, 0.2) is 0 Å². The summed E-state index contributed by atoms with van der Waals surface area (Å²) < 4.78 is 40.6. The molecule has 1 aromatic carbocycles. The lowest BCUT2D eigenvalue weighted by Crippen LogP contribution is -2.33. The molecular weight excluding hydrogens is 393 g/mol. The number of benzene rings is 1. The lowest BCUT2D eigenvalue weighted by molar-refractivity contribution is -0.274. The van der Waals surface area contributed by atoms with E-state index in [9.17, 15) is 27.6 Å². The van der Waals surface area contributed by atoms with Crippen LogP contribution in [0.15, 0.2) is 42.6 Å². The summed E-state index contributed by atoms with van der Waals surface area (Å²) in [6, 6.07) is 5.91. The first-order chi connectivity index (χ1) is 13.6. The van der Waals surface area contributed by atoms with E-state index in [4.69, 9.17) is 5.73 Å². The number of hydrogen-bond acceptors (Lipinski definition) is 5. The van der Waals surface area contributed by atoms with Gasteiger partial charge >= 0.3 is 12.4 Å². The molecule has 4 amide bonds. The Morgan fingerprint density at radius 2 is 1.86 bits per heavy atom. The van der Waals surface area contributed by atoms with Gasteiger partial charge in [-0.2, -0.15) is 0 Å². The summed E-state index contributed by atoms with van der Waals surface area (Å²) in [7, 11) is 0. The Morgan fingerprint density at radius 3 is 2.45 bits per heavy atom. The van der Waals surface area contributed by atoms with Crippen LogP contribution >= 0.6 is 0 Å². The Labute approximate surface area is 162 Å². The molecule has 1 saturated heterocycles. The highest BCUT2D eigenvalue weighted by atomic mass is 19.4. The number of amides is 4. The molecule has 0 spiro atoms. The number of anilines is 1. The quantitative estimate of drug-likeness (QED) is 0.765. The van der Waals surface area contributed by atoms with E-state index in [1.165, 1.54) is 36.2 Å². The molecule has 0 radical (unpaired) electrons. The molecule has 1 aromatic heterocycles. The van der Waals surface area contributed by atoms with Crippen molar-refractivity contribution in [2.75, 3.05) is 4.90 Å². The minimum Gasteiger partial charge on any atom is -0.406 e. The molecule has 11 heteroatoms. The number of nitrogens with two attached hydrogens (primary N) is 1. The number of hydrogen-bond donors (Lipinski definition) is 1. The Bertz CT molecular complexity index is 962. The Morgan fingerprint density at radius 1 is 1.21 bits per heavy atom. The number of urea groups is 1. The number of nitrogens with zero attached hydrogens (tertiary/aromatic N) is 3. The van der Waals surface area contributed by atoms with Gasteiger partial charge in [-0.1, -0.05) is 0 Å². The summed E-state index contributed by atoms with van der Waals surface area (Å²) >= 11 is 0. The van der Waals surface area contributed by atoms with Crippen LogP contribution in [0.2, 0.25) is 0 Å². The van der Waals surface area contributed by atoms with E-state index in [0.29, 0.717) is 5.56 Å². The molecule has 1 aliphatic rings. The maximum Gasteiger partial charge on any atom is 0.573 e. The maximum atomic E-state index is 12.8. The molecule has 2 N–H and O–H groups in total. The van der Waals surface area contributed by atoms with Crippen molar-refractivity contribution in [3.63, 3.8) is 0 Å². The number of pyridine rings is 1. The van der Waals surface area contributed by atoms with Crippen LogP contribution < -0.4 is 15.4 Å². The number of ether oxygens (including phenoxy) is 1. The second-order valence-electron chi connectivity index (χ2n) is 6.22. The van der Waals surface area contributed by atoms with Crippen LogP contribution in [-0.2, 0) is 11.3 Å². The number of rotatable bonds is 5. The zero-order valence-corrected chi connectivity index (χ0v) is 15.0. The Hall–Kier alpha value is -3.63. The molecule has 29 heavy (non-hydrogen) atoms. The summed E-state index contributed by atoms with van der Waals surface area (Å²) in [4.78, 5) is 42.6. The van der Waals surface area contributed by atoms with E-state index in [-0.39, 0.29) is 17.9 Å². The third-order valence-electron chi connectivity index (χ3n) is 4.24. The molecule has 8 nitrogen and oxygen atoms in total. The van der Waals surface area contributed by atoms with E-state index >= 15 is 0 Å². The Kier molecular flexibility index (Phi) is 5.14. The molecule has 1 fully saturated rings. The molecule has 2 heterocycles. The normalized spacial score (nSPS) is 17.0. The topological polar surface area (TPSA) is 106 Å². The molecule has 1 aliphatic heterocycles. The third kappa shape index (κ3) is 4.28. The predicted molar refractivity (Wildman–Crippen MR) is 93.8 cm³/mol. The van der Waals surface area contributed by atoms with Gasteiger partial charge in [0.05, 0.1) is 5.69 Å². The van der Waals surface area contributed by atoms with Crippen molar-refractivity contribution in [1.29, 1.82) is 0 Å².